The third kappa shape index (κ3) is 3.65. The molecule has 1 aromatic carbocycles. The van der Waals surface area contributed by atoms with E-state index in [9.17, 15) is 8.42 Å². The predicted octanol–water partition coefficient (Wildman–Crippen LogP) is 2.11. The average Bonchev–Trinajstić information content (AvgIpc) is 2.69. The number of hydrogen-bond acceptors (Lipinski definition) is 4. The number of rotatable bonds is 4. The van der Waals surface area contributed by atoms with Crippen molar-refractivity contribution < 1.29 is 8.42 Å². The molecule has 1 fully saturated rings. The van der Waals surface area contributed by atoms with Crippen LogP contribution in [0.25, 0.3) is 0 Å². The molecule has 2 unspecified atom stereocenters. The Kier molecular flexibility index (Phi) is 4.97. The van der Waals surface area contributed by atoms with Crippen LogP contribution in [0.1, 0.15) is 18.0 Å². The van der Waals surface area contributed by atoms with Crippen LogP contribution in [0.2, 0.25) is 10.0 Å². The van der Waals surface area contributed by atoms with Crippen LogP contribution in [-0.2, 0) is 9.84 Å². The Labute approximate surface area is 129 Å². The van der Waals surface area contributed by atoms with E-state index in [2.05, 4.69) is 0 Å². The van der Waals surface area contributed by atoms with Gasteiger partial charge in [-0.1, -0.05) is 23.2 Å². The zero-order valence-electron chi connectivity index (χ0n) is 11.2. The van der Waals surface area contributed by atoms with Crippen LogP contribution in [0.4, 0.5) is 0 Å². The van der Waals surface area contributed by atoms with E-state index < -0.39 is 9.84 Å². The molecule has 1 saturated heterocycles. The van der Waals surface area contributed by atoms with Crippen LogP contribution in [-0.4, -0.2) is 44.5 Å². The van der Waals surface area contributed by atoms with Gasteiger partial charge in [-0.15, -0.1) is 0 Å². The Morgan fingerprint density at radius 2 is 1.95 bits per heavy atom. The zero-order valence-corrected chi connectivity index (χ0v) is 13.5. The van der Waals surface area contributed by atoms with E-state index in [1.807, 2.05) is 24.1 Å². The Balaban J connectivity index is 2.23. The third-order valence-electron chi connectivity index (χ3n) is 3.77. The van der Waals surface area contributed by atoms with Gasteiger partial charge in [-0.2, -0.15) is 0 Å². The van der Waals surface area contributed by atoms with Crippen molar-refractivity contribution in [3.05, 3.63) is 33.8 Å². The third-order valence-corrected chi connectivity index (χ3v) is 5.96. The van der Waals surface area contributed by atoms with E-state index >= 15 is 0 Å². The maximum Gasteiger partial charge on any atom is 0.151 e. The topological polar surface area (TPSA) is 63.4 Å². The largest absolute Gasteiger partial charge is 0.329 e. The summed E-state index contributed by atoms with van der Waals surface area (Å²) >= 11 is 12.0. The standard InChI is InChI=1S/C13H18Cl2N2O2S/c1-17(12-2-3-20(18,19)8-12)13(7-16)9-4-10(14)6-11(15)5-9/h4-6,12-13H,2-3,7-8,16H2,1H3. The molecule has 2 atom stereocenters. The molecule has 7 heteroatoms. The minimum atomic E-state index is -2.92. The highest BCUT2D eigenvalue weighted by Gasteiger charge is 2.33. The molecule has 0 bridgehead atoms. The first kappa shape index (κ1) is 16.0. The molecule has 0 radical (unpaired) electrons. The molecule has 0 aliphatic carbocycles. The number of benzene rings is 1. The summed E-state index contributed by atoms with van der Waals surface area (Å²) in [4.78, 5) is 2.02. The number of likely N-dealkylation sites (N-methyl/N-ethyl adjacent to an activating group) is 1. The molecule has 2 rings (SSSR count). The zero-order chi connectivity index (χ0) is 14.9. The Hall–Kier alpha value is -0.330. The quantitative estimate of drug-likeness (QED) is 0.914. The highest BCUT2D eigenvalue weighted by Crippen LogP contribution is 2.29. The van der Waals surface area contributed by atoms with E-state index in [1.165, 1.54) is 0 Å². The van der Waals surface area contributed by atoms with Crippen LogP contribution < -0.4 is 5.73 Å². The first-order chi connectivity index (χ1) is 9.32. The SMILES string of the molecule is CN(C1CCS(=O)(=O)C1)C(CN)c1cc(Cl)cc(Cl)c1. The lowest BCUT2D eigenvalue weighted by Crippen LogP contribution is -2.39. The van der Waals surface area contributed by atoms with Gasteiger partial charge in [-0.05, 0) is 37.2 Å². The van der Waals surface area contributed by atoms with Gasteiger partial charge in [0.1, 0.15) is 0 Å². The van der Waals surface area contributed by atoms with E-state index in [0.717, 1.165) is 5.56 Å². The van der Waals surface area contributed by atoms with Gasteiger partial charge in [0.2, 0.25) is 0 Å². The van der Waals surface area contributed by atoms with Crippen LogP contribution in [0.3, 0.4) is 0 Å². The summed E-state index contributed by atoms with van der Waals surface area (Å²) in [5.74, 6) is 0.434. The van der Waals surface area contributed by atoms with Gasteiger partial charge in [0.25, 0.3) is 0 Å². The Morgan fingerprint density at radius 3 is 2.40 bits per heavy atom. The Morgan fingerprint density at radius 1 is 1.35 bits per heavy atom. The summed E-state index contributed by atoms with van der Waals surface area (Å²) in [5, 5.41) is 1.11. The van der Waals surface area contributed by atoms with Crippen molar-refractivity contribution in [1.82, 2.24) is 4.90 Å². The molecule has 1 aromatic rings. The van der Waals surface area contributed by atoms with Crippen LogP contribution in [0, 0.1) is 0 Å². The molecule has 0 saturated carbocycles. The molecule has 4 nitrogen and oxygen atoms in total. The van der Waals surface area contributed by atoms with Gasteiger partial charge < -0.3 is 5.73 Å². The van der Waals surface area contributed by atoms with Crippen LogP contribution in [0.5, 0.6) is 0 Å². The molecule has 0 aromatic heterocycles. The van der Waals surface area contributed by atoms with Crippen molar-refractivity contribution in [2.75, 3.05) is 25.1 Å². The van der Waals surface area contributed by atoms with Crippen molar-refractivity contribution in [3.8, 4) is 0 Å². The van der Waals surface area contributed by atoms with Crippen molar-refractivity contribution >= 4 is 33.0 Å². The summed E-state index contributed by atoms with van der Waals surface area (Å²) in [7, 11) is -1.01. The average molecular weight is 337 g/mol. The summed E-state index contributed by atoms with van der Waals surface area (Å²) < 4.78 is 23.2. The Bertz CT molecular complexity index is 572. The molecule has 1 heterocycles. The van der Waals surface area contributed by atoms with Gasteiger partial charge in [0.05, 0.1) is 11.5 Å². The fraction of sp³-hybridized carbons (Fsp3) is 0.538. The summed E-state index contributed by atoms with van der Waals surface area (Å²) in [5.41, 5.74) is 6.78. The highest BCUT2D eigenvalue weighted by atomic mass is 35.5. The summed E-state index contributed by atoms with van der Waals surface area (Å²) in [6.07, 6.45) is 0.642. The van der Waals surface area contributed by atoms with Gasteiger partial charge in [-0.3, -0.25) is 4.90 Å². The summed E-state index contributed by atoms with van der Waals surface area (Å²) in [6, 6.07) is 5.21. The fourth-order valence-electron chi connectivity index (χ4n) is 2.66. The molecule has 20 heavy (non-hydrogen) atoms. The second kappa shape index (κ2) is 6.20. The maximum atomic E-state index is 11.6. The van der Waals surface area contributed by atoms with Crippen LogP contribution in [0.15, 0.2) is 18.2 Å². The van der Waals surface area contributed by atoms with Crippen molar-refractivity contribution in [2.24, 2.45) is 5.73 Å². The highest BCUT2D eigenvalue weighted by molar-refractivity contribution is 7.91. The first-order valence-corrected chi connectivity index (χ1v) is 8.98. The lowest BCUT2D eigenvalue weighted by atomic mass is 10.0. The molecular formula is C13H18Cl2N2O2S. The maximum absolute atomic E-state index is 11.6. The molecular weight excluding hydrogens is 319 g/mol. The summed E-state index contributed by atoms with van der Waals surface area (Å²) in [6.45, 7) is 0.379. The number of nitrogens with two attached hydrogens (primary N) is 1. The predicted molar refractivity (Wildman–Crippen MR) is 83.1 cm³/mol. The molecule has 1 aliphatic heterocycles. The lowest BCUT2D eigenvalue weighted by molar-refractivity contribution is 0.192. The van der Waals surface area contributed by atoms with Crippen molar-refractivity contribution in [2.45, 2.75) is 18.5 Å². The number of halogens is 2. The van der Waals surface area contributed by atoms with Gasteiger partial charge >= 0.3 is 0 Å². The number of nitrogens with zero attached hydrogens (tertiary/aromatic N) is 1. The lowest BCUT2D eigenvalue weighted by Gasteiger charge is -2.32. The van der Waals surface area contributed by atoms with E-state index in [1.54, 1.807) is 6.07 Å². The fourth-order valence-corrected chi connectivity index (χ4v) is 4.98. The van der Waals surface area contributed by atoms with Gasteiger partial charge in [-0.25, -0.2) is 8.42 Å². The van der Waals surface area contributed by atoms with Crippen LogP contribution >= 0.6 is 23.2 Å². The second-order valence-electron chi connectivity index (χ2n) is 5.18. The van der Waals surface area contributed by atoms with E-state index in [-0.39, 0.29) is 23.6 Å². The van der Waals surface area contributed by atoms with Gasteiger partial charge in [0.15, 0.2) is 9.84 Å². The minimum absolute atomic E-state index is 0.00805. The molecule has 1 aliphatic rings. The molecule has 112 valence electrons. The minimum Gasteiger partial charge on any atom is -0.329 e. The molecule has 2 N–H and O–H groups in total. The molecule has 0 spiro atoms. The number of sulfone groups is 1. The number of hydrogen-bond donors (Lipinski definition) is 1. The monoisotopic (exact) mass is 336 g/mol. The van der Waals surface area contributed by atoms with Crippen molar-refractivity contribution in [1.29, 1.82) is 0 Å². The second-order valence-corrected chi connectivity index (χ2v) is 8.28. The molecule has 0 amide bonds. The van der Waals surface area contributed by atoms with E-state index in [0.29, 0.717) is 23.0 Å². The van der Waals surface area contributed by atoms with Gasteiger partial charge in [0, 0.05) is 28.7 Å². The first-order valence-electron chi connectivity index (χ1n) is 6.41. The smallest absolute Gasteiger partial charge is 0.151 e. The van der Waals surface area contributed by atoms with E-state index in [4.69, 9.17) is 28.9 Å². The normalized spacial score (nSPS) is 23.1. The van der Waals surface area contributed by atoms with Crippen molar-refractivity contribution in [3.63, 3.8) is 0 Å².